The van der Waals surface area contributed by atoms with Gasteiger partial charge >= 0.3 is 0 Å². The first kappa shape index (κ1) is 17.8. The number of hydrogen-bond acceptors (Lipinski definition) is 4. The molecule has 0 bridgehead atoms. The number of rotatable bonds is 4. The van der Waals surface area contributed by atoms with E-state index in [0.717, 1.165) is 51.2 Å². The average molecular weight is 329 g/mol. The van der Waals surface area contributed by atoms with Crippen LogP contribution in [0.2, 0.25) is 0 Å². The fourth-order valence-electron chi connectivity index (χ4n) is 4.05. The lowest BCUT2D eigenvalue weighted by atomic mass is 9.88. The SMILES string of the molecule is COCCN1CC2=C(CCCC2=O)N(C2CCCCC2)C1.Cl. The fourth-order valence-corrected chi connectivity index (χ4v) is 4.05. The fraction of sp³-hybridized carbons (Fsp3) is 0.824. The van der Waals surface area contributed by atoms with E-state index in [1.165, 1.54) is 37.8 Å². The zero-order chi connectivity index (χ0) is 14.7. The van der Waals surface area contributed by atoms with E-state index in [0.29, 0.717) is 11.8 Å². The molecule has 4 nitrogen and oxygen atoms in total. The molecule has 1 heterocycles. The van der Waals surface area contributed by atoms with Crippen LogP contribution in [0.4, 0.5) is 0 Å². The Morgan fingerprint density at radius 2 is 1.91 bits per heavy atom. The van der Waals surface area contributed by atoms with Crippen LogP contribution in [0.3, 0.4) is 0 Å². The highest BCUT2D eigenvalue weighted by molar-refractivity contribution is 5.97. The zero-order valence-corrected chi connectivity index (χ0v) is 14.5. The van der Waals surface area contributed by atoms with Gasteiger partial charge in [-0.3, -0.25) is 9.69 Å². The molecule has 1 fully saturated rings. The van der Waals surface area contributed by atoms with Crippen molar-refractivity contribution < 1.29 is 9.53 Å². The van der Waals surface area contributed by atoms with Crippen LogP contribution in [-0.4, -0.2) is 55.1 Å². The summed E-state index contributed by atoms with van der Waals surface area (Å²) in [5.74, 6) is 0.388. The second kappa shape index (κ2) is 8.32. The van der Waals surface area contributed by atoms with Crippen LogP contribution in [0.25, 0.3) is 0 Å². The predicted molar refractivity (Wildman–Crippen MR) is 90.2 cm³/mol. The van der Waals surface area contributed by atoms with Crippen molar-refractivity contribution in [3.8, 4) is 0 Å². The van der Waals surface area contributed by atoms with Gasteiger partial charge in [0.25, 0.3) is 0 Å². The van der Waals surface area contributed by atoms with Gasteiger partial charge < -0.3 is 9.64 Å². The molecule has 0 aromatic heterocycles. The Labute approximate surface area is 140 Å². The normalized spacial score (nSPS) is 24.2. The Hall–Kier alpha value is -0.580. The smallest absolute Gasteiger partial charge is 0.161 e. The molecule has 0 atom stereocenters. The van der Waals surface area contributed by atoms with Gasteiger partial charge in [-0.05, 0) is 25.7 Å². The number of allylic oxidation sites excluding steroid dienone is 1. The largest absolute Gasteiger partial charge is 0.383 e. The van der Waals surface area contributed by atoms with Crippen LogP contribution in [0, 0.1) is 0 Å². The van der Waals surface area contributed by atoms with E-state index >= 15 is 0 Å². The minimum Gasteiger partial charge on any atom is -0.383 e. The van der Waals surface area contributed by atoms with Gasteiger partial charge in [0.15, 0.2) is 5.78 Å². The highest BCUT2D eigenvalue weighted by Crippen LogP contribution is 2.34. The molecule has 126 valence electrons. The third-order valence-electron chi connectivity index (χ3n) is 5.21. The summed E-state index contributed by atoms with van der Waals surface area (Å²) in [4.78, 5) is 17.3. The summed E-state index contributed by atoms with van der Waals surface area (Å²) in [6.45, 7) is 3.49. The number of Topliss-reactive ketones (excluding diaryl/α,β-unsaturated/α-hetero) is 1. The number of halogens is 1. The van der Waals surface area contributed by atoms with Crippen LogP contribution in [0.5, 0.6) is 0 Å². The number of methoxy groups -OCH3 is 1. The second-order valence-corrected chi connectivity index (χ2v) is 6.65. The predicted octanol–water partition coefficient (Wildman–Crippen LogP) is 2.97. The number of carbonyl (C=O) groups is 1. The molecule has 0 N–H and O–H groups in total. The van der Waals surface area contributed by atoms with Gasteiger partial charge in [-0.15, -0.1) is 12.4 Å². The summed E-state index contributed by atoms with van der Waals surface area (Å²) in [6.07, 6.45) is 9.55. The molecule has 0 spiro atoms. The first-order chi connectivity index (χ1) is 10.3. The maximum atomic E-state index is 12.3. The molecule has 22 heavy (non-hydrogen) atoms. The van der Waals surface area contributed by atoms with Crippen molar-refractivity contribution in [1.82, 2.24) is 9.80 Å². The van der Waals surface area contributed by atoms with Crippen molar-refractivity contribution in [1.29, 1.82) is 0 Å². The molecule has 0 aromatic rings. The topological polar surface area (TPSA) is 32.8 Å². The number of ketones is 1. The Morgan fingerprint density at radius 3 is 2.64 bits per heavy atom. The summed E-state index contributed by atoms with van der Waals surface area (Å²) in [7, 11) is 1.75. The van der Waals surface area contributed by atoms with Gasteiger partial charge in [0.2, 0.25) is 0 Å². The molecule has 3 rings (SSSR count). The van der Waals surface area contributed by atoms with Gasteiger partial charge in [0.05, 0.1) is 13.3 Å². The zero-order valence-electron chi connectivity index (χ0n) is 13.7. The first-order valence-corrected chi connectivity index (χ1v) is 8.52. The summed E-state index contributed by atoms with van der Waals surface area (Å²) in [5.41, 5.74) is 2.49. The standard InChI is InChI=1S/C17H28N2O2.ClH/c1-21-11-10-18-12-15-16(8-5-9-17(15)20)19(13-18)14-6-3-2-4-7-14;/h14H,2-13H2,1H3;1H. The first-order valence-electron chi connectivity index (χ1n) is 8.52. The van der Waals surface area contributed by atoms with Gasteiger partial charge in [-0.2, -0.15) is 0 Å². The van der Waals surface area contributed by atoms with Crippen molar-refractivity contribution in [3.05, 3.63) is 11.3 Å². The second-order valence-electron chi connectivity index (χ2n) is 6.65. The monoisotopic (exact) mass is 328 g/mol. The van der Waals surface area contributed by atoms with Crippen molar-refractivity contribution in [2.24, 2.45) is 0 Å². The maximum Gasteiger partial charge on any atom is 0.161 e. The summed E-state index contributed by atoms with van der Waals surface area (Å²) in [6, 6.07) is 0.653. The van der Waals surface area contributed by atoms with Crippen LogP contribution in [0.15, 0.2) is 11.3 Å². The van der Waals surface area contributed by atoms with Crippen molar-refractivity contribution in [3.63, 3.8) is 0 Å². The summed E-state index contributed by atoms with van der Waals surface area (Å²) < 4.78 is 5.23. The van der Waals surface area contributed by atoms with Crippen molar-refractivity contribution in [2.45, 2.75) is 57.4 Å². The molecule has 3 aliphatic rings. The minimum absolute atomic E-state index is 0. The van der Waals surface area contributed by atoms with Gasteiger partial charge in [0.1, 0.15) is 0 Å². The number of ether oxygens (including phenoxy) is 1. The molecule has 5 heteroatoms. The molecule has 0 unspecified atom stereocenters. The van der Waals surface area contributed by atoms with Gasteiger partial charge in [0, 0.05) is 43.9 Å². The lowest BCUT2D eigenvalue weighted by molar-refractivity contribution is -0.117. The molecule has 0 saturated heterocycles. The molecule has 1 aliphatic heterocycles. The third kappa shape index (κ3) is 3.84. The van der Waals surface area contributed by atoms with E-state index in [9.17, 15) is 4.79 Å². The van der Waals surface area contributed by atoms with Gasteiger partial charge in [-0.25, -0.2) is 0 Å². The molecule has 0 amide bonds. The molecular weight excluding hydrogens is 300 g/mol. The van der Waals surface area contributed by atoms with Gasteiger partial charge in [-0.1, -0.05) is 19.3 Å². The Bertz CT molecular complexity index is 419. The van der Waals surface area contributed by atoms with E-state index in [2.05, 4.69) is 9.80 Å². The van der Waals surface area contributed by atoms with E-state index in [4.69, 9.17) is 4.74 Å². The molecule has 0 radical (unpaired) electrons. The third-order valence-corrected chi connectivity index (χ3v) is 5.21. The summed E-state index contributed by atoms with van der Waals surface area (Å²) in [5, 5.41) is 0. The average Bonchev–Trinajstić information content (AvgIpc) is 2.54. The van der Waals surface area contributed by atoms with E-state index in [1.54, 1.807) is 7.11 Å². The van der Waals surface area contributed by atoms with E-state index < -0.39 is 0 Å². The lowest BCUT2D eigenvalue weighted by Gasteiger charge is -2.46. The van der Waals surface area contributed by atoms with Crippen LogP contribution in [0.1, 0.15) is 51.4 Å². The lowest BCUT2D eigenvalue weighted by Crippen LogP contribution is -2.51. The molecule has 0 aromatic carbocycles. The van der Waals surface area contributed by atoms with Crippen LogP contribution in [-0.2, 0) is 9.53 Å². The Morgan fingerprint density at radius 1 is 1.14 bits per heavy atom. The summed E-state index contributed by atoms with van der Waals surface area (Å²) >= 11 is 0. The highest BCUT2D eigenvalue weighted by atomic mass is 35.5. The Kier molecular flexibility index (Phi) is 6.72. The van der Waals surface area contributed by atoms with Crippen molar-refractivity contribution >= 4 is 18.2 Å². The number of carbonyl (C=O) groups excluding carboxylic acids is 1. The number of hydrogen-bond donors (Lipinski definition) is 0. The van der Waals surface area contributed by atoms with Crippen LogP contribution < -0.4 is 0 Å². The molecular formula is C17H29ClN2O2. The van der Waals surface area contributed by atoms with Crippen molar-refractivity contribution in [2.75, 3.05) is 33.5 Å². The minimum atomic E-state index is 0. The van der Waals surface area contributed by atoms with Crippen LogP contribution >= 0.6 is 12.4 Å². The maximum absolute atomic E-state index is 12.3. The Balaban J connectivity index is 0.00000176. The molecule has 1 saturated carbocycles. The van der Waals surface area contributed by atoms with E-state index in [-0.39, 0.29) is 12.4 Å². The number of nitrogens with zero attached hydrogens (tertiary/aromatic N) is 2. The van der Waals surface area contributed by atoms with E-state index in [1.807, 2.05) is 0 Å². The quantitative estimate of drug-likeness (QED) is 0.794. The highest BCUT2D eigenvalue weighted by Gasteiger charge is 2.34. The molecule has 2 aliphatic carbocycles.